The molecule has 36 heavy (non-hydrogen) atoms. The minimum atomic E-state index is -1.01. The van der Waals surface area contributed by atoms with E-state index in [-0.39, 0.29) is 16.8 Å². The number of aliphatic hydroxyl groups is 1. The van der Waals surface area contributed by atoms with Gasteiger partial charge in [-0.15, -0.1) is 0 Å². The molecule has 1 aliphatic rings. The fraction of sp³-hybridized carbons (Fsp3) is 0.185. The molecule has 184 valence electrons. The zero-order chi connectivity index (χ0) is 25.8. The summed E-state index contributed by atoms with van der Waals surface area (Å²) in [6.45, 7) is 2.45. The number of hydrogen-bond acceptors (Lipinski definition) is 7. The lowest BCUT2D eigenvalue weighted by molar-refractivity contribution is -0.384. The predicted octanol–water partition coefficient (Wildman–Crippen LogP) is 5.02. The number of hydrogen-bond donors (Lipinski definition) is 1. The van der Waals surface area contributed by atoms with Crippen LogP contribution in [0.15, 0.2) is 78.4 Å². The molecule has 1 N–H and O–H groups in total. The second-order valence-electron chi connectivity index (χ2n) is 8.10. The molecule has 1 aliphatic heterocycles. The maximum Gasteiger partial charge on any atom is 0.300 e. The average Bonchev–Trinajstić information content (AvgIpc) is 3.17. The lowest BCUT2D eigenvalue weighted by atomic mass is 9.95. The summed E-state index contributed by atoms with van der Waals surface area (Å²) in [5.74, 6) is -1.24. The van der Waals surface area contributed by atoms with Gasteiger partial charge in [-0.05, 0) is 36.2 Å². The van der Waals surface area contributed by atoms with E-state index in [1.807, 2.05) is 6.92 Å². The fourth-order valence-corrected chi connectivity index (χ4v) is 4.09. The van der Waals surface area contributed by atoms with Crippen LogP contribution in [0.4, 0.5) is 11.4 Å². The van der Waals surface area contributed by atoms with E-state index in [0.717, 1.165) is 12.5 Å². The fourth-order valence-electron chi connectivity index (χ4n) is 4.09. The normalized spacial score (nSPS) is 16.7. The Kier molecular flexibility index (Phi) is 7.00. The van der Waals surface area contributed by atoms with E-state index < -0.39 is 28.4 Å². The molecule has 1 atom stereocenters. The third-order valence-electron chi connectivity index (χ3n) is 5.75. The van der Waals surface area contributed by atoms with Crippen molar-refractivity contribution >= 4 is 28.8 Å². The topological polar surface area (TPSA) is 119 Å². The van der Waals surface area contributed by atoms with Crippen molar-refractivity contribution in [1.82, 2.24) is 0 Å². The molecule has 1 amide bonds. The minimum Gasteiger partial charge on any atom is -0.507 e. The van der Waals surface area contributed by atoms with Gasteiger partial charge in [-0.3, -0.25) is 24.6 Å². The van der Waals surface area contributed by atoms with Crippen molar-refractivity contribution in [1.29, 1.82) is 0 Å². The first-order valence-corrected chi connectivity index (χ1v) is 11.3. The minimum absolute atomic E-state index is 0.0510. The first-order chi connectivity index (χ1) is 17.3. The molecule has 4 rings (SSSR count). The second-order valence-corrected chi connectivity index (χ2v) is 8.10. The summed E-state index contributed by atoms with van der Waals surface area (Å²) in [6.07, 6.45) is 0.793. The standard InChI is InChI=1S/C27H24N2O7/c1-3-13-36-22-12-6-9-19(16-22)28-24(17-7-5-11-21(15-17)35-2)23(26(31)27(28)32)25(30)18-8-4-10-20(14-18)29(33)34/h4-12,14-16,24,30H,3,13H2,1-2H3/b25-23-. The second kappa shape index (κ2) is 10.3. The van der Waals surface area contributed by atoms with Crippen molar-refractivity contribution < 1.29 is 29.1 Å². The van der Waals surface area contributed by atoms with E-state index in [2.05, 4.69) is 0 Å². The van der Waals surface area contributed by atoms with Crippen LogP contribution in [0.1, 0.15) is 30.5 Å². The highest BCUT2D eigenvalue weighted by Gasteiger charge is 2.47. The SMILES string of the molecule is CCCOc1cccc(N2C(=O)C(=O)/C(=C(\O)c3cccc([N+](=O)[O-])c3)C2c2cccc(OC)c2)c1. The number of amides is 1. The number of carbonyl (C=O) groups is 2. The molecule has 0 radical (unpaired) electrons. The van der Waals surface area contributed by atoms with Gasteiger partial charge in [0.2, 0.25) is 0 Å². The number of nitro benzene ring substituents is 1. The van der Waals surface area contributed by atoms with E-state index in [1.165, 1.54) is 30.2 Å². The Bertz CT molecular complexity index is 1370. The van der Waals surface area contributed by atoms with Crippen molar-refractivity contribution in [3.63, 3.8) is 0 Å². The quantitative estimate of drug-likeness (QED) is 0.155. The Morgan fingerprint density at radius 2 is 1.75 bits per heavy atom. The summed E-state index contributed by atoms with van der Waals surface area (Å²) < 4.78 is 11.0. The van der Waals surface area contributed by atoms with Crippen LogP contribution in [-0.2, 0) is 9.59 Å². The summed E-state index contributed by atoms with van der Waals surface area (Å²) in [7, 11) is 1.49. The van der Waals surface area contributed by atoms with Crippen molar-refractivity contribution in [3.05, 3.63) is 99.6 Å². The largest absolute Gasteiger partial charge is 0.507 e. The third kappa shape index (κ3) is 4.63. The monoisotopic (exact) mass is 488 g/mol. The number of ether oxygens (including phenoxy) is 2. The number of Topliss-reactive ketones (excluding diaryl/α,β-unsaturated/α-hetero) is 1. The van der Waals surface area contributed by atoms with Gasteiger partial charge in [0, 0.05) is 29.4 Å². The summed E-state index contributed by atoms with van der Waals surface area (Å²) in [4.78, 5) is 38.6. The molecule has 3 aromatic carbocycles. The molecule has 1 heterocycles. The average molecular weight is 488 g/mol. The van der Waals surface area contributed by atoms with Gasteiger partial charge in [0.05, 0.1) is 30.3 Å². The molecule has 0 aromatic heterocycles. The first-order valence-electron chi connectivity index (χ1n) is 11.3. The Morgan fingerprint density at radius 3 is 2.47 bits per heavy atom. The van der Waals surface area contributed by atoms with Crippen LogP contribution in [0, 0.1) is 10.1 Å². The van der Waals surface area contributed by atoms with Gasteiger partial charge in [-0.2, -0.15) is 0 Å². The Labute approximate surface area is 207 Å². The predicted molar refractivity (Wildman–Crippen MR) is 133 cm³/mol. The number of rotatable bonds is 8. The zero-order valence-corrected chi connectivity index (χ0v) is 19.7. The molecule has 0 spiro atoms. The lowest BCUT2D eigenvalue weighted by Crippen LogP contribution is -2.29. The van der Waals surface area contributed by atoms with Gasteiger partial charge in [0.25, 0.3) is 17.4 Å². The molecular formula is C27H24N2O7. The number of ketones is 1. The van der Waals surface area contributed by atoms with Gasteiger partial charge in [0.1, 0.15) is 17.3 Å². The van der Waals surface area contributed by atoms with Crippen LogP contribution in [0.5, 0.6) is 11.5 Å². The molecule has 0 bridgehead atoms. The van der Waals surface area contributed by atoms with E-state index in [0.29, 0.717) is 29.4 Å². The molecule has 1 fully saturated rings. The number of nitrogens with zero attached hydrogens (tertiary/aromatic N) is 2. The lowest BCUT2D eigenvalue weighted by Gasteiger charge is -2.26. The van der Waals surface area contributed by atoms with E-state index in [4.69, 9.17) is 9.47 Å². The van der Waals surface area contributed by atoms with Crippen molar-refractivity contribution in [2.75, 3.05) is 18.6 Å². The summed E-state index contributed by atoms with van der Waals surface area (Å²) in [6, 6.07) is 17.9. The molecule has 1 unspecified atom stereocenters. The molecule has 3 aromatic rings. The van der Waals surface area contributed by atoms with Crippen molar-refractivity contribution in [3.8, 4) is 11.5 Å². The smallest absolute Gasteiger partial charge is 0.300 e. The van der Waals surface area contributed by atoms with Crippen LogP contribution in [0.3, 0.4) is 0 Å². The van der Waals surface area contributed by atoms with Crippen LogP contribution in [0.2, 0.25) is 0 Å². The van der Waals surface area contributed by atoms with Crippen LogP contribution >= 0.6 is 0 Å². The summed E-state index contributed by atoms with van der Waals surface area (Å²) in [5.41, 5.74) is 0.521. The van der Waals surface area contributed by atoms with E-state index in [9.17, 15) is 24.8 Å². The van der Waals surface area contributed by atoms with Crippen LogP contribution < -0.4 is 14.4 Å². The maximum absolute atomic E-state index is 13.3. The Hall–Kier alpha value is -4.66. The first kappa shape index (κ1) is 24.5. The number of nitro groups is 1. The van der Waals surface area contributed by atoms with Crippen LogP contribution in [-0.4, -0.2) is 35.4 Å². The van der Waals surface area contributed by atoms with Gasteiger partial charge in [-0.1, -0.05) is 37.3 Å². The summed E-state index contributed by atoms with van der Waals surface area (Å²) >= 11 is 0. The number of non-ortho nitro benzene ring substituents is 1. The highest BCUT2D eigenvalue weighted by atomic mass is 16.6. The number of aliphatic hydroxyl groups excluding tert-OH is 1. The third-order valence-corrected chi connectivity index (χ3v) is 5.75. The number of benzene rings is 3. The maximum atomic E-state index is 13.3. The van der Waals surface area contributed by atoms with Crippen LogP contribution in [0.25, 0.3) is 5.76 Å². The van der Waals surface area contributed by atoms with E-state index >= 15 is 0 Å². The van der Waals surface area contributed by atoms with Crippen molar-refractivity contribution in [2.24, 2.45) is 0 Å². The zero-order valence-electron chi connectivity index (χ0n) is 19.7. The van der Waals surface area contributed by atoms with Gasteiger partial charge in [-0.25, -0.2) is 0 Å². The number of carbonyl (C=O) groups excluding carboxylic acids is 2. The number of anilines is 1. The number of methoxy groups -OCH3 is 1. The van der Waals surface area contributed by atoms with Gasteiger partial charge >= 0.3 is 0 Å². The van der Waals surface area contributed by atoms with Gasteiger partial charge in [0.15, 0.2) is 0 Å². The molecule has 0 aliphatic carbocycles. The summed E-state index contributed by atoms with van der Waals surface area (Å²) in [5, 5.41) is 22.5. The Balaban J connectivity index is 1.92. The molecule has 0 saturated carbocycles. The highest BCUT2D eigenvalue weighted by molar-refractivity contribution is 6.51. The van der Waals surface area contributed by atoms with Crippen molar-refractivity contribution in [2.45, 2.75) is 19.4 Å². The molecule has 9 heteroatoms. The molecular weight excluding hydrogens is 464 g/mol. The highest BCUT2D eigenvalue weighted by Crippen LogP contribution is 2.43. The van der Waals surface area contributed by atoms with E-state index in [1.54, 1.807) is 48.5 Å². The van der Waals surface area contributed by atoms with Gasteiger partial charge < -0.3 is 14.6 Å². The molecule has 1 saturated heterocycles. The Morgan fingerprint density at radius 1 is 1.03 bits per heavy atom. The molecule has 9 nitrogen and oxygen atoms in total.